The van der Waals surface area contributed by atoms with E-state index in [1.54, 1.807) is 4.68 Å². The molecular weight excluding hydrogens is 337 g/mol. The Balaban J connectivity index is 2.12. The minimum atomic E-state index is -0.181. The molecule has 6 heteroatoms. The quantitative estimate of drug-likeness (QED) is 0.499. The number of esters is 1. The highest BCUT2D eigenvalue weighted by molar-refractivity contribution is 6.08. The first kappa shape index (κ1) is 19.1. The Bertz CT molecular complexity index is 981. The third-order valence-corrected chi connectivity index (χ3v) is 5.29. The van der Waals surface area contributed by atoms with Crippen LogP contribution in [0.2, 0.25) is 0 Å². The lowest BCUT2D eigenvalue weighted by molar-refractivity contribution is -0.143. The van der Waals surface area contributed by atoms with Gasteiger partial charge in [0.2, 0.25) is 0 Å². The van der Waals surface area contributed by atoms with Crippen molar-refractivity contribution < 1.29 is 9.53 Å². The van der Waals surface area contributed by atoms with Crippen LogP contribution >= 0.6 is 0 Å². The van der Waals surface area contributed by atoms with Gasteiger partial charge in [0.1, 0.15) is 13.4 Å². The molecule has 1 atom stereocenters. The van der Waals surface area contributed by atoms with Crippen molar-refractivity contribution in [3.05, 3.63) is 58.1 Å². The average Bonchev–Trinajstić information content (AvgIpc) is 3.03. The van der Waals surface area contributed by atoms with Crippen molar-refractivity contribution in [1.82, 2.24) is 15.0 Å². The molecule has 0 spiro atoms. The van der Waals surface area contributed by atoms with Crippen LogP contribution in [0.25, 0.3) is 11.0 Å². The standard InChI is InChI=1S/C21H26BN3O2/c1-5-27-20(26)11-18(15-7-6-13(2)16(10-15)12-22)17-8-9-19-21(14(17)3)23-24-25(19)4/h6-10,18H,5,11-12,22H2,1-4H3. The molecule has 0 N–H and O–H groups in total. The predicted octanol–water partition coefficient (Wildman–Crippen LogP) is 2.80. The number of benzene rings is 2. The van der Waals surface area contributed by atoms with E-state index in [4.69, 9.17) is 4.74 Å². The van der Waals surface area contributed by atoms with Gasteiger partial charge < -0.3 is 4.74 Å². The number of rotatable bonds is 6. The van der Waals surface area contributed by atoms with Crippen LogP contribution < -0.4 is 0 Å². The lowest BCUT2D eigenvalue weighted by Gasteiger charge is -2.21. The fourth-order valence-corrected chi connectivity index (χ4v) is 3.71. The smallest absolute Gasteiger partial charge is 0.306 e. The summed E-state index contributed by atoms with van der Waals surface area (Å²) >= 11 is 0. The Labute approximate surface area is 161 Å². The number of fused-ring (bicyclic) bond motifs is 1. The molecule has 0 radical (unpaired) electrons. The van der Waals surface area contributed by atoms with E-state index in [0.29, 0.717) is 13.0 Å². The zero-order chi connectivity index (χ0) is 19.6. The molecule has 0 bridgehead atoms. The van der Waals surface area contributed by atoms with E-state index in [9.17, 15) is 4.79 Å². The van der Waals surface area contributed by atoms with E-state index >= 15 is 0 Å². The molecule has 3 rings (SSSR count). The van der Waals surface area contributed by atoms with Crippen LogP contribution in [0.4, 0.5) is 0 Å². The third-order valence-electron chi connectivity index (χ3n) is 5.29. The summed E-state index contributed by atoms with van der Waals surface area (Å²) in [7, 11) is 4.04. The first-order valence-corrected chi connectivity index (χ1v) is 9.50. The maximum atomic E-state index is 12.3. The molecule has 0 aliphatic heterocycles. The maximum Gasteiger partial charge on any atom is 0.306 e. The predicted molar refractivity (Wildman–Crippen MR) is 110 cm³/mol. The molecule has 2 aromatic carbocycles. The number of hydrogen-bond donors (Lipinski definition) is 0. The first-order valence-electron chi connectivity index (χ1n) is 9.50. The van der Waals surface area contributed by atoms with Crippen LogP contribution in [0.3, 0.4) is 0 Å². The number of aromatic nitrogens is 3. The van der Waals surface area contributed by atoms with E-state index in [1.807, 2.05) is 20.0 Å². The molecule has 140 valence electrons. The lowest BCUT2D eigenvalue weighted by atomic mass is 9.83. The molecule has 3 aromatic rings. The largest absolute Gasteiger partial charge is 0.466 e. The number of ether oxygens (including phenoxy) is 1. The summed E-state index contributed by atoms with van der Waals surface area (Å²) in [6.07, 6.45) is 1.28. The molecule has 0 fully saturated rings. The van der Waals surface area contributed by atoms with Crippen molar-refractivity contribution in [2.24, 2.45) is 7.05 Å². The first-order chi connectivity index (χ1) is 13.0. The summed E-state index contributed by atoms with van der Waals surface area (Å²) in [5, 5.41) is 8.45. The Morgan fingerprint density at radius 3 is 2.74 bits per heavy atom. The molecule has 1 heterocycles. The van der Waals surface area contributed by atoms with Gasteiger partial charge in [-0.05, 0) is 49.1 Å². The number of aryl methyl sites for hydroxylation is 3. The summed E-state index contributed by atoms with van der Waals surface area (Å²) in [6, 6.07) is 10.6. The van der Waals surface area contributed by atoms with Crippen molar-refractivity contribution in [3.63, 3.8) is 0 Å². The van der Waals surface area contributed by atoms with Gasteiger partial charge in [-0.15, -0.1) is 5.10 Å². The van der Waals surface area contributed by atoms with Crippen LogP contribution in [-0.4, -0.2) is 35.4 Å². The number of hydrogen-bond acceptors (Lipinski definition) is 4. The molecule has 1 unspecified atom stereocenters. The second-order valence-electron chi connectivity index (χ2n) is 6.96. The monoisotopic (exact) mass is 363 g/mol. The number of carbonyl (C=O) groups is 1. The van der Waals surface area contributed by atoms with Crippen molar-refractivity contribution in [3.8, 4) is 0 Å². The second kappa shape index (κ2) is 7.95. The average molecular weight is 363 g/mol. The molecular formula is C21H26BN3O2. The molecule has 0 aliphatic rings. The van der Waals surface area contributed by atoms with Gasteiger partial charge >= 0.3 is 5.97 Å². The summed E-state index contributed by atoms with van der Waals surface area (Å²) in [4.78, 5) is 12.3. The molecule has 1 aromatic heterocycles. The molecule has 27 heavy (non-hydrogen) atoms. The van der Waals surface area contributed by atoms with Crippen molar-refractivity contribution in [1.29, 1.82) is 0 Å². The third kappa shape index (κ3) is 3.75. The zero-order valence-electron chi connectivity index (χ0n) is 16.7. The number of nitrogens with zero attached hydrogens (tertiary/aromatic N) is 3. The van der Waals surface area contributed by atoms with Crippen molar-refractivity contribution >= 4 is 24.8 Å². The van der Waals surface area contributed by atoms with E-state index in [1.165, 1.54) is 11.1 Å². The van der Waals surface area contributed by atoms with E-state index in [2.05, 4.69) is 56.3 Å². The fourth-order valence-electron chi connectivity index (χ4n) is 3.71. The highest BCUT2D eigenvalue weighted by Crippen LogP contribution is 2.34. The Hall–Kier alpha value is -2.63. The van der Waals surface area contributed by atoms with Gasteiger partial charge in [0.25, 0.3) is 0 Å². The van der Waals surface area contributed by atoms with Gasteiger partial charge in [0.15, 0.2) is 0 Å². The van der Waals surface area contributed by atoms with E-state index < -0.39 is 0 Å². The summed E-state index contributed by atoms with van der Waals surface area (Å²) in [5.74, 6) is -0.249. The summed E-state index contributed by atoms with van der Waals surface area (Å²) < 4.78 is 7.03. The normalized spacial score (nSPS) is 12.3. The summed E-state index contributed by atoms with van der Waals surface area (Å²) in [5.41, 5.74) is 7.75. The van der Waals surface area contributed by atoms with Gasteiger partial charge in [-0.2, -0.15) is 0 Å². The van der Waals surface area contributed by atoms with Crippen molar-refractivity contribution in [2.45, 2.75) is 39.4 Å². The highest BCUT2D eigenvalue weighted by Gasteiger charge is 2.23. The fraction of sp³-hybridized carbons (Fsp3) is 0.381. The molecule has 0 saturated heterocycles. The van der Waals surface area contributed by atoms with Gasteiger partial charge in [0.05, 0.1) is 18.5 Å². The molecule has 5 nitrogen and oxygen atoms in total. The molecule has 0 saturated carbocycles. The number of carbonyl (C=O) groups excluding carboxylic acids is 1. The minimum Gasteiger partial charge on any atom is -0.466 e. The van der Waals surface area contributed by atoms with Gasteiger partial charge in [0, 0.05) is 13.0 Å². The van der Waals surface area contributed by atoms with Crippen LogP contribution in [0, 0.1) is 13.8 Å². The van der Waals surface area contributed by atoms with E-state index in [-0.39, 0.29) is 11.9 Å². The Morgan fingerprint density at radius 2 is 2.04 bits per heavy atom. The topological polar surface area (TPSA) is 57.0 Å². The van der Waals surface area contributed by atoms with Crippen LogP contribution in [0.5, 0.6) is 0 Å². The van der Waals surface area contributed by atoms with E-state index in [0.717, 1.165) is 34.0 Å². The Kier molecular flexibility index (Phi) is 5.63. The van der Waals surface area contributed by atoms with Gasteiger partial charge in [-0.3, -0.25) is 4.79 Å². The van der Waals surface area contributed by atoms with Crippen LogP contribution in [0.15, 0.2) is 30.3 Å². The molecule has 0 aliphatic carbocycles. The summed E-state index contributed by atoms with van der Waals surface area (Å²) in [6.45, 7) is 6.41. The maximum absolute atomic E-state index is 12.3. The highest BCUT2D eigenvalue weighted by atomic mass is 16.5. The zero-order valence-corrected chi connectivity index (χ0v) is 16.7. The van der Waals surface area contributed by atoms with Gasteiger partial charge in [-0.25, -0.2) is 4.68 Å². The van der Waals surface area contributed by atoms with Crippen LogP contribution in [-0.2, 0) is 22.9 Å². The Morgan fingerprint density at radius 1 is 1.26 bits per heavy atom. The SMILES string of the molecule is BCc1cc(C(CC(=O)OCC)c2ccc3c(nnn3C)c2C)ccc1C. The minimum absolute atomic E-state index is 0.0682. The second-order valence-corrected chi connectivity index (χ2v) is 6.96. The lowest BCUT2D eigenvalue weighted by Crippen LogP contribution is -2.13. The van der Waals surface area contributed by atoms with Crippen LogP contribution in [0.1, 0.15) is 47.1 Å². The van der Waals surface area contributed by atoms with Crippen molar-refractivity contribution in [2.75, 3.05) is 6.61 Å². The van der Waals surface area contributed by atoms with Gasteiger partial charge in [-0.1, -0.05) is 41.4 Å². The molecule has 0 amide bonds.